The van der Waals surface area contributed by atoms with E-state index in [1.807, 2.05) is 133 Å². The fourth-order valence-electron chi connectivity index (χ4n) is 7.94. The van der Waals surface area contributed by atoms with E-state index in [2.05, 4.69) is 15.3 Å². The number of benzene rings is 5. The van der Waals surface area contributed by atoms with Crippen LogP contribution in [0, 0.1) is 0 Å². The van der Waals surface area contributed by atoms with Gasteiger partial charge >= 0.3 is 5.97 Å². The van der Waals surface area contributed by atoms with Crippen molar-refractivity contribution < 1.29 is 57.0 Å². The smallest absolute Gasteiger partial charge is 0.337 e. The molecule has 5 aromatic carbocycles. The Balaban J connectivity index is 1.32. The predicted octanol–water partition coefficient (Wildman–Crippen LogP) is 8.73. The number of alkyl halides is 3. The van der Waals surface area contributed by atoms with Crippen molar-refractivity contribution in [1.82, 2.24) is 5.32 Å². The van der Waals surface area contributed by atoms with Gasteiger partial charge in [-0.05, 0) is 45.5 Å². The Labute approximate surface area is 420 Å². The number of hydrogen-bond donors (Lipinski definition) is 1. The van der Waals surface area contributed by atoms with Crippen LogP contribution in [0.2, 0.25) is 0 Å². The summed E-state index contributed by atoms with van der Waals surface area (Å²) in [7, 11) is 2.81. The molecule has 0 bridgehead atoms. The lowest BCUT2D eigenvalue weighted by atomic mass is 9.94. The highest BCUT2D eigenvalue weighted by atomic mass is 35.6. The van der Waals surface area contributed by atoms with E-state index in [1.165, 1.54) is 7.11 Å². The standard InChI is InChI=1S/C51H53Cl3N4O12/c1-61-38-25-23-37(24-26-38)31-65-43-44(66-29-35-19-11-5-12-20-35)46(67-30-36-21-13-6-14-22-36)49(70-45(43)48(59)62-2)69-41-39(32-63-27-33-15-7-3-8-16-33)68-47(56-50(60)51(52,53)54)40(57-58-55)42(41)64-28-34-17-9-4-10-18-34/h3-26,39-47,49H,27-32H2,1-2H3,(H,56,60)/t39-,40-,41-,42-,43+,44+,45+,46-,47?,49-/m1/s1. The molecule has 2 fully saturated rings. The van der Waals surface area contributed by atoms with Crippen molar-refractivity contribution >= 4 is 46.7 Å². The van der Waals surface area contributed by atoms with Crippen LogP contribution in [0.25, 0.3) is 10.4 Å². The highest BCUT2D eigenvalue weighted by Crippen LogP contribution is 2.37. The van der Waals surface area contributed by atoms with Gasteiger partial charge in [0.15, 0.2) is 12.4 Å². The van der Waals surface area contributed by atoms with E-state index in [0.717, 1.165) is 27.8 Å². The number of carbonyl (C=O) groups is 2. The van der Waals surface area contributed by atoms with Crippen molar-refractivity contribution in [3.63, 3.8) is 0 Å². The topological polar surface area (TPSA) is 187 Å². The molecule has 10 atom stereocenters. The van der Waals surface area contributed by atoms with Crippen molar-refractivity contribution in [2.24, 2.45) is 5.11 Å². The van der Waals surface area contributed by atoms with Crippen LogP contribution in [0.3, 0.4) is 0 Å². The molecule has 70 heavy (non-hydrogen) atoms. The Kier molecular flexibility index (Phi) is 19.7. The minimum atomic E-state index is -2.43. The summed E-state index contributed by atoms with van der Waals surface area (Å²) in [6, 6.07) is 43.5. The zero-order valence-electron chi connectivity index (χ0n) is 38.2. The number of esters is 1. The molecule has 7 rings (SSSR count). The maximum absolute atomic E-state index is 14.1. The largest absolute Gasteiger partial charge is 0.497 e. The van der Waals surface area contributed by atoms with Gasteiger partial charge in [0.05, 0.1) is 60.0 Å². The maximum atomic E-state index is 14.1. The number of rotatable bonds is 22. The minimum absolute atomic E-state index is 0.0233. The normalized spacial score (nSPS) is 24.5. The first-order chi connectivity index (χ1) is 34.0. The van der Waals surface area contributed by atoms with Crippen molar-refractivity contribution in [2.75, 3.05) is 20.8 Å². The molecule has 16 nitrogen and oxygen atoms in total. The van der Waals surface area contributed by atoms with E-state index >= 15 is 0 Å². The van der Waals surface area contributed by atoms with E-state index in [4.69, 9.17) is 82.2 Å². The van der Waals surface area contributed by atoms with Crippen LogP contribution in [0.5, 0.6) is 5.75 Å². The van der Waals surface area contributed by atoms with Crippen LogP contribution in [0.4, 0.5) is 0 Å². The second-order valence-corrected chi connectivity index (χ2v) is 18.5. The zero-order chi connectivity index (χ0) is 49.3. The highest BCUT2D eigenvalue weighted by molar-refractivity contribution is 6.76. The Hall–Kier alpha value is -5.30. The molecular weight excluding hydrogens is 967 g/mol. The van der Waals surface area contributed by atoms with Crippen LogP contribution in [0.1, 0.15) is 27.8 Å². The molecule has 0 spiro atoms. The van der Waals surface area contributed by atoms with Gasteiger partial charge in [0, 0.05) is 4.91 Å². The van der Waals surface area contributed by atoms with Crippen molar-refractivity contribution in [3.05, 3.63) is 184 Å². The summed E-state index contributed by atoms with van der Waals surface area (Å²) < 4.78 is 61.8. The molecule has 5 aromatic rings. The summed E-state index contributed by atoms with van der Waals surface area (Å²) in [5.74, 6) is -1.20. The van der Waals surface area contributed by atoms with Gasteiger partial charge in [0.1, 0.15) is 48.5 Å². The van der Waals surface area contributed by atoms with Crippen molar-refractivity contribution in [2.45, 2.75) is 98.1 Å². The van der Waals surface area contributed by atoms with E-state index in [0.29, 0.717) is 5.75 Å². The third-order valence-corrected chi connectivity index (χ3v) is 12.0. The summed E-state index contributed by atoms with van der Waals surface area (Å²) >= 11 is 18.1. The van der Waals surface area contributed by atoms with Crippen LogP contribution < -0.4 is 10.1 Å². The molecule has 2 aliphatic heterocycles. The van der Waals surface area contributed by atoms with Crippen molar-refractivity contribution in [3.8, 4) is 5.75 Å². The lowest BCUT2D eigenvalue weighted by molar-refractivity contribution is -0.350. The third kappa shape index (κ3) is 14.6. The average Bonchev–Trinajstić information content (AvgIpc) is 3.38. The second kappa shape index (κ2) is 26.2. The molecule has 2 saturated heterocycles. The maximum Gasteiger partial charge on any atom is 0.337 e. The fourth-order valence-corrected chi connectivity index (χ4v) is 8.11. The first-order valence-electron chi connectivity index (χ1n) is 22.3. The third-order valence-electron chi connectivity index (χ3n) is 11.4. The number of ether oxygens (including phenoxy) is 10. The van der Waals surface area contributed by atoms with Gasteiger partial charge in [-0.2, -0.15) is 0 Å². The Bertz CT molecular complexity index is 2420. The summed E-state index contributed by atoms with van der Waals surface area (Å²) in [6.07, 6.45) is -11.4. The molecule has 0 radical (unpaired) electrons. The van der Waals surface area contributed by atoms with Gasteiger partial charge in [-0.25, -0.2) is 4.79 Å². The van der Waals surface area contributed by atoms with Gasteiger partial charge in [0.25, 0.3) is 9.70 Å². The van der Waals surface area contributed by atoms with E-state index in [1.54, 1.807) is 19.2 Å². The van der Waals surface area contributed by atoms with Gasteiger partial charge in [-0.1, -0.05) is 173 Å². The molecule has 370 valence electrons. The van der Waals surface area contributed by atoms with Gasteiger partial charge < -0.3 is 52.7 Å². The molecule has 0 aromatic heterocycles. The number of azide groups is 1. The fraction of sp³-hybridized carbons (Fsp3) is 0.373. The molecular formula is C51H53Cl3N4O12. The molecule has 0 saturated carbocycles. The quantitative estimate of drug-likeness (QED) is 0.0229. The molecule has 1 amide bonds. The molecule has 1 unspecified atom stereocenters. The molecule has 2 aliphatic rings. The van der Waals surface area contributed by atoms with E-state index in [-0.39, 0.29) is 39.6 Å². The monoisotopic (exact) mass is 1020 g/mol. The van der Waals surface area contributed by atoms with Crippen molar-refractivity contribution in [1.29, 1.82) is 0 Å². The average molecular weight is 1020 g/mol. The molecule has 0 aliphatic carbocycles. The number of hydrogen-bond acceptors (Lipinski definition) is 13. The summed E-state index contributed by atoms with van der Waals surface area (Å²) in [5, 5.41) is 6.64. The first-order valence-corrected chi connectivity index (χ1v) is 23.5. The van der Waals surface area contributed by atoms with Crippen LogP contribution in [0.15, 0.2) is 151 Å². The Morgan fingerprint density at radius 3 is 1.57 bits per heavy atom. The van der Waals surface area contributed by atoms with Gasteiger partial charge in [-0.15, -0.1) is 0 Å². The number of nitrogens with one attached hydrogen (secondary N) is 1. The lowest BCUT2D eigenvalue weighted by Gasteiger charge is -2.49. The van der Waals surface area contributed by atoms with Crippen LogP contribution >= 0.6 is 34.8 Å². The Morgan fingerprint density at radius 2 is 1.09 bits per heavy atom. The Morgan fingerprint density at radius 1 is 0.614 bits per heavy atom. The molecule has 1 N–H and O–H groups in total. The second-order valence-electron chi connectivity index (χ2n) is 16.2. The number of amides is 1. The summed E-state index contributed by atoms with van der Waals surface area (Å²) in [5.41, 5.74) is 14.1. The zero-order valence-corrected chi connectivity index (χ0v) is 40.5. The van der Waals surface area contributed by atoms with E-state index < -0.39 is 77.0 Å². The molecule has 19 heteroatoms. The summed E-state index contributed by atoms with van der Waals surface area (Å²) in [4.78, 5) is 30.5. The number of methoxy groups -OCH3 is 2. The lowest BCUT2D eigenvalue weighted by Crippen LogP contribution is -2.68. The molecule has 2 heterocycles. The first kappa shape index (κ1) is 52.5. The van der Waals surface area contributed by atoms with Gasteiger partial charge in [-0.3, -0.25) is 4.79 Å². The predicted molar refractivity (Wildman–Crippen MR) is 258 cm³/mol. The number of carbonyl (C=O) groups excluding carboxylic acids is 2. The highest BCUT2D eigenvalue weighted by Gasteiger charge is 2.56. The van der Waals surface area contributed by atoms with E-state index in [9.17, 15) is 15.1 Å². The minimum Gasteiger partial charge on any atom is -0.497 e. The summed E-state index contributed by atoms with van der Waals surface area (Å²) in [6.45, 7) is 0.0604. The van der Waals surface area contributed by atoms with Crippen LogP contribution in [-0.2, 0) is 85.3 Å². The number of nitrogens with zero attached hydrogens (tertiary/aromatic N) is 3. The SMILES string of the molecule is COC(=O)[C@H]1O[C@@H](O[C@H]2[C@H](OCc3ccccc3)[C@@H](N=[N+]=[N-])C(NC(=O)C(Cl)(Cl)Cl)O[C@@H]2COCc2ccccc2)[C@H](OCc2ccccc2)[C@@H](OCc2ccccc2)[C@@H]1OCc1ccc(OC)cc1. The van der Waals surface area contributed by atoms with Gasteiger partial charge in [0.2, 0.25) is 0 Å². The number of halogens is 3. The van der Waals surface area contributed by atoms with Crippen LogP contribution in [-0.4, -0.2) is 97.8 Å².